The molecule has 0 aliphatic carbocycles. The molecule has 0 N–H and O–H groups in total. The van der Waals surface area contributed by atoms with Gasteiger partial charge in [0.1, 0.15) is 22.2 Å². The normalized spacial score (nSPS) is 11.4. The first-order valence-corrected chi connectivity index (χ1v) is 10.7. The Morgan fingerprint density at radius 3 is 2.33 bits per heavy atom. The minimum atomic E-state index is -4.64. The summed E-state index contributed by atoms with van der Waals surface area (Å²) in [5.74, 6) is -3.56. The number of sulfonamides is 1. The van der Waals surface area contributed by atoms with Crippen LogP contribution in [-0.4, -0.2) is 27.6 Å². The first kappa shape index (κ1) is 21.9. The zero-order valence-corrected chi connectivity index (χ0v) is 17.8. The van der Waals surface area contributed by atoms with Gasteiger partial charge in [-0.05, 0) is 19.1 Å². The predicted molar refractivity (Wildman–Crippen MR) is 106 cm³/mol. The number of nitrogens with zero attached hydrogens (tertiary/aromatic N) is 2. The Balaban J connectivity index is 2.14. The number of hydrogen-bond donors (Lipinski definition) is 0. The standard InChI is InChI=1S/C19H17F3N2O4S2/c1-11-9-23-19(29-11)24(10-12-4-5-13(27-2)6-17(12)28-3)30(25,26)18-8-15(21)14(20)7-16(18)22/h4-9H,10H2,1-3H3. The molecule has 30 heavy (non-hydrogen) atoms. The zero-order valence-electron chi connectivity index (χ0n) is 16.1. The van der Waals surface area contributed by atoms with Gasteiger partial charge >= 0.3 is 0 Å². The Labute approximate surface area is 175 Å². The average molecular weight is 458 g/mol. The molecule has 1 heterocycles. The monoisotopic (exact) mass is 458 g/mol. The summed E-state index contributed by atoms with van der Waals surface area (Å²) in [6.45, 7) is 1.43. The van der Waals surface area contributed by atoms with E-state index < -0.39 is 32.4 Å². The lowest BCUT2D eigenvalue weighted by molar-refractivity contribution is 0.391. The zero-order chi connectivity index (χ0) is 22.1. The summed E-state index contributed by atoms with van der Waals surface area (Å²) < 4.78 is 79.1. The fourth-order valence-corrected chi connectivity index (χ4v) is 5.10. The molecule has 0 atom stereocenters. The van der Waals surface area contributed by atoms with Gasteiger partial charge in [-0.1, -0.05) is 0 Å². The molecule has 0 aliphatic rings. The van der Waals surface area contributed by atoms with Crippen molar-refractivity contribution >= 4 is 26.5 Å². The van der Waals surface area contributed by atoms with E-state index in [4.69, 9.17) is 9.47 Å². The van der Waals surface area contributed by atoms with Crippen molar-refractivity contribution in [1.82, 2.24) is 4.98 Å². The van der Waals surface area contributed by atoms with E-state index in [0.717, 1.165) is 15.6 Å². The quantitative estimate of drug-likeness (QED) is 0.495. The van der Waals surface area contributed by atoms with Crippen LogP contribution < -0.4 is 13.8 Å². The van der Waals surface area contributed by atoms with E-state index in [9.17, 15) is 21.6 Å². The third-order valence-electron chi connectivity index (χ3n) is 4.17. The van der Waals surface area contributed by atoms with Gasteiger partial charge in [0.2, 0.25) is 0 Å². The minimum absolute atomic E-state index is 0.0366. The third-order valence-corrected chi connectivity index (χ3v) is 6.98. The van der Waals surface area contributed by atoms with Crippen molar-refractivity contribution < 1.29 is 31.1 Å². The molecule has 0 fully saturated rings. The van der Waals surface area contributed by atoms with E-state index in [2.05, 4.69) is 4.98 Å². The van der Waals surface area contributed by atoms with E-state index in [-0.39, 0.29) is 17.7 Å². The summed E-state index contributed by atoms with van der Waals surface area (Å²) in [4.78, 5) is 3.78. The maximum atomic E-state index is 14.3. The molecule has 0 saturated heterocycles. The molecule has 0 aliphatic heterocycles. The van der Waals surface area contributed by atoms with Crippen LogP contribution in [0.25, 0.3) is 0 Å². The molecule has 0 amide bonds. The van der Waals surface area contributed by atoms with Crippen LogP contribution in [0.5, 0.6) is 11.5 Å². The van der Waals surface area contributed by atoms with Gasteiger partial charge in [0.25, 0.3) is 10.0 Å². The number of methoxy groups -OCH3 is 2. The number of rotatable bonds is 7. The fraction of sp³-hybridized carbons (Fsp3) is 0.211. The molecule has 2 aromatic carbocycles. The highest BCUT2D eigenvalue weighted by molar-refractivity contribution is 7.93. The van der Waals surface area contributed by atoms with Gasteiger partial charge < -0.3 is 9.47 Å². The molecule has 11 heteroatoms. The average Bonchev–Trinajstić information content (AvgIpc) is 3.14. The summed E-state index contributed by atoms with van der Waals surface area (Å²) in [7, 11) is -1.77. The number of aromatic nitrogens is 1. The Hall–Kier alpha value is -2.79. The number of anilines is 1. The highest BCUT2D eigenvalue weighted by Crippen LogP contribution is 2.34. The van der Waals surface area contributed by atoms with Crippen molar-refractivity contribution in [3.05, 3.63) is 64.4 Å². The van der Waals surface area contributed by atoms with Crippen molar-refractivity contribution in [2.45, 2.75) is 18.4 Å². The topological polar surface area (TPSA) is 68.7 Å². The third kappa shape index (κ3) is 4.21. The van der Waals surface area contributed by atoms with Crippen molar-refractivity contribution in [2.24, 2.45) is 0 Å². The maximum Gasteiger partial charge on any atom is 0.269 e. The molecule has 3 rings (SSSR count). The lowest BCUT2D eigenvalue weighted by Crippen LogP contribution is -2.31. The van der Waals surface area contributed by atoms with E-state index >= 15 is 0 Å². The Kier molecular flexibility index (Phi) is 6.22. The van der Waals surface area contributed by atoms with Crippen molar-refractivity contribution in [3.63, 3.8) is 0 Å². The Morgan fingerprint density at radius 2 is 1.73 bits per heavy atom. The second-order valence-electron chi connectivity index (χ2n) is 6.14. The number of thiazole rings is 1. The molecule has 0 spiro atoms. The van der Waals surface area contributed by atoms with Gasteiger partial charge in [-0.3, -0.25) is 0 Å². The van der Waals surface area contributed by atoms with Crippen LogP contribution in [0.4, 0.5) is 18.3 Å². The van der Waals surface area contributed by atoms with Gasteiger partial charge in [0.15, 0.2) is 16.8 Å². The highest BCUT2D eigenvalue weighted by Gasteiger charge is 2.32. The van der Waals surface area contributed by atoms with Crippen LogP contribution in [0.1, 0.15) is 10.4 Å². The SMILES string of the molecule is COc1ccc(CN(c2ncc(C)s2)S(=O)(=O)c2cc(F)c(F)cc2F)c(OC)c1. The number of aryl methyl sites for hydroxylation is 1. The highest BCUT2D eigenvalue weighted by atomic mass is 32.2. The second-order valence-corrected chi connectivity index (χ2v) is 9.18. The minimum Gasteiger partial charge on any atom is -0.497 e. The second kappa shape index (κ2) is 8.52. The molecular weight excluding hydrogens is 441 g/mol. The lowest BCUT2D eigenvalue weighted by atomic mass is 10.2. The summed E-state index contributed by atoms with van der Waals surface area (Å²) >= 11 is 1.05. The summed E-state index contributed by atoms with van der Waals surface area (Å²) in [6, 6.07) is 5.27. The summed E-state index contributed by atoms with van der Waals surface area (Å²) in [6.07, 6.45) is 1.45. The van der Waals surface area contributed by atoms with Gasteiger partial charge in [0, 0.05) is 34.8 Å². The molecule has 0 bridgehead atoms. The molecule has 3 aromatic rings. The van der Waals surface area contributed by atoms with E-state index in [1.807, 2.05) is 0 Å². The van der Waals surface area contributed by atoms with Crippen LogP contribution in [-0.2, 0) is 16.6 Å². The summed E-state index contributed by atoms with van der Waals surface area (Å²) in [5, 5.41) is 0.0366. The van der Waals surface area contributed by atoms with Gasteiger partial charge in [-0.25, -0.2) is 30.9 Å². The van der Waals surface area contributed by atoms with Gasteiger partial charge in [0.05, 0.1) is 20.8 Å². The smallest absolute Gasteiger partial charge is 0.269 e. The molecule has 160 valence electrons. The first-order chi connectivity index (χ1) is 14.2. The van der Waals surface area contributed by atoms with E-state index in [1.165, 1.54) is 20.4 Å². The van der Waals surface area contributed by atoms with Gasteiger partial charge in [-0.15, -0.1) is 11.3 Å². The lowest BCUT2D eigenvalue weighted by Gasteiger charge is -2.23. The molecule has 0 radical (unpaired) electrons. The van der Waals surface area contributed by atoms with Crippen LogP contribution in [0, 0.1) is 24.4 Å². The van der Waals surface area contributed by atoms with Crippen LogP contribution in [0.2, 0.25) is 0 Å². The Bertz CT molecular complexity index is 1180. The molecule has 1 aromatic heterocycles. The Morgan fingerprint density at radius 1 is 1.03 bits per heavy atom. The predicted octanol–water partition coefficient (Wildman–Crippen LogP) is 4.28. The largest absolute Gasteiger partial charge is 0.497 e. The maximum absolute atomic E-state index is 14.3. The van der Waals surface area contributed by atoms with E-state index in [1.54, 1.807) is 25.1 Å². The van der Waals surface area contributed by atoms with E-state index in [0.29, 0.717) is 28.0 Å². The fourth-order valence-electron chi connectivity index (χ4n) is 2.67. The van der Waals surface area contributed by atoms with Crippen LogP contribution >= 0.6 is 11.3 Å². The number of halogens is 3. The molecular formula is C19H17F3N2O4S2. The molecule has 6 nitrogen and oxygen atoms in total. The first-order valence-electron chi connectivity index (χ1n) is 8.48. The van der Waals surface area contributed by atoms with Crippen molar-refractivity contribution in [1.29, 1.82) is 0 Å². The number of benzene rings is 2. The van der Waals surface area contributed by atoms with Gasteiger partial charge in [-0.2, -0.15) is 0 Å². The van der Waals surface area contributed by atoms with Crippen molar-refractivity contribution in [3.8, 4) is 11.5 Å². The number of ether oxygens (including phenoxy) is 2. The molecule has 0 unspecified atom stereocenters. The van der Waals surface area contributed by atoms with Crippen LogP contribution in [0.15, 0.2) is 41.4 Å². The molecule has 0 saturated carbocycles. The van der Waals surface area contributed by atoms with Crippen LogP contribution in [0.3, 0.4) is 0 Å². The number of hydrogen-bond acceptors (Lipinski definition) is 6. The summed E-state index contributed by atoms with van der Waals surface area (Å²) in [5.41, 5.74) is 0.428. The van der Waals surface area contributed by atoms with Crippen molar-refractivity contribution in [2.75, 3.05) is 18.5 Å².